The lowest BCUT2D eigenvalue weighted by Crippen LogP contribution is -2.45. The van der Waals surface area contributed by atoms with Gasteiger partial charge in [-0.05, 0) is 25.2 Å². The average molecular weight is 328 g/mol. The molecule has 23 heavy (non-hydrogen) atoms. The van der Waals surface area contributed by atoms with Crippen LogP contribution in [0.5, 0.6) is 0 Å². The Morgan fingerprint density at radius 2 is 1.26 bits per heavy atom. The highest BCUT2D eigenvalue weighted by Gasteiger charge is 2.40. The van der Waals surface area contributed by atoms with Crippen LogP contribution in [-0.2, 0) is 4.65 Å². The van der Waals surface area contributed by atoms with Gasteiger partial charge in [0, 0.05) is 0 Å². The molecule has 0 aliphatic carbocycles. The van der Waals surface area contributed by atoms with Gasteiger partial charge in [0.25, 0.3) is 0 Å². The Balaban J connectivity index is 5.08. The van der Waals surface area contributed by atoms with Crippen LogP contribution in [0.1, 0.15) is 111 Å². The van der Waals surface area contributed by atoms with E-state index < -0.39 is 7.32 Å². The van der Waals surface area contributed by atoms with Crippen molar-refractivity contribution in [3.05, 3.63) is 0 Å². The fourth-order valence-corrected chi connectivity index (χ4v) is 3.79. The van der Waals surface area contributed by atoms with Crippen LogP contribution in [0.2, 0.25) is 0 Å². The van der Waals surface area contributed by atoms with E-state index in [1.54, 1.807) is 0 Å². The fraction of sp³-hybridized carbons (Fsp3) is 1.00. The maximum absolute atomic E-state index is 9.55. The lowest BCUT2D eigenvalue weighted by atomic mass is 9.74. The zero-order valence-electron chi connectivity index (χ0n) is 16.1. The molecule has 0 fully saturated rings. The molecule has 0 aromatic carbocycles. The van der Waals surface area contributed by atoms with Crippen molar-refractivity contribution in [3.63, 3.8) is 0 Å². The van der Waals surface area contributed by atoms with Crippen LogP contribution in [0.4, 0.5) is 0 Å². The molecule has 0 heterocycles. The van der Waals surface area contributed by atoms with E-state index in [4.69, 9.17) is 4.65 Å². The largest absolute Gasteiger partial charge is 0.634 e. The Labute approximate surface area is 145 Å². The first-order valence-electron chi connectivity index (χ1n) is 10.1. The summed E-state index contributed by atoms with van der Waals surface area (Å²) in [7, 11) is -1.65. The van der Waals surface area contributed by atoms with Crippen molar-refractivity contribution in [1.29, 1.82) is 0 Å². The number of hydrogen-bond acceptors (Lipinski definition) is 3. The maximum Gasteiger partial charge on any atom is 0.634 e. The van der Waals surface area contributed by atoms with Gasteiger partial charge in [-0.2, -0.15) is 0 Å². The summed E-state index contributed by atoms with van der Waals surface area (Å²) in [6.45, 7) is 8.86. The first-order valence-corrected chi connectivity index (χ1v) is 10.1. The van der Waals surface area contributed by atoms with E-state index in [-0.39, 0.29) is 5.60 Å². The van der Waals surface area contributed by atoms with Crippen molar-refractivity contribution >= 4 is 7.32 Å². The molecule has 0 aromatic rings. The van der Waals surface area contributed by atoms with Gasteiger partial charge in [0.1, 0.15) is 0 Å². The zero-order valence-corrected chi connectivity index (χ0v) is 16.1. The van der Waals surface area contributed by atoms with Crippen LogP contribution in [0.3, 0.4) is 0 Å². The molecular formula is C19H41BO3. The lowest BCUT2D eigenvalue weighted by Gasteiger charge is -2.42. The molecule has 0 radical (unpaired) electrons. The number of hydrogen-bond donors (Lipinski definition) is 2. The van der Waals surface area contributed by atoms with Crippen LogP contribution in [-0.4, -0.2) is 23.0 Å². The fourth-order valence-electron chi connectivity index (χ4n) is 3.79. The second-order valence-electron chi connectivity index (χ2n) is 7.02. The van der Waals surface area contributed by atoms with Crippen molar-refractivity contribution in [2.45, 2.75) is 117 Å². The molecule has 0 aliphatic rings. The third-order valence-electron chi connectivity index (χ3n) is 5.14. The van der Waals surface area contributed by atoms with E-state index in [2.05, 4.69) is 27.7 Å². The quantitative estimate of drug-likeness (QED) is 0.291. The summed E-state index contributed by atoms with van der Waals surface area (Å²) in [5.74, 6) is 0.421. The lowest BCUT2D eigenvalue weighted by molar-refractivity contribution is -0.0510. The van der Waals surface area contributed by atoms with Gasteiger partial charge in [-0.15, -0.1) is 0 Å². The Bertz CT molecular complexity index is 249. The van der Waals surface area contributed by atoms with Gasteiger partial charge >= 0.3 is 7.32 Å². The summed E-state index contributed by atoms with van der Waals surface area (Å²) in [6, 6.07) is 0. The predicted octanol–water partition coefficient (Wildman–Crippen LogP) is 5.48. The van der Waals surface area contributed by atoms with Gasteiger partial charge < -0.3 is 14.7 Å². The first-order chi connectivity index (χ1) is 11.1. The van der Waals surface area contributed by atoms with E-state index in [1.165, 1.54) is 44.9 Å². The summed E-state index contributed by atoms with van der Waals surface area (Å²) in [6.07, 6.45) is 14.7. The Hall–Kier alpha value is -0.0551. The molecule has 0 aromatic heterocycles. The summed E-state index contributed by atoms with van der Waals surface area (Å²) < 4.78 is 5.83. The van der Waals surface area contributed by atoms with E-state index in [1.807, 2.05) is 0 Å². The molecule has 3 nitrogen and oxygen atoms in total. The van der Waals surface area contributed by atoms with Crippen molar-refractivity contribution in [2.75, 3.05) is 0 Å². The van der Waals surface area contributed by atoms with Crippen molar-refractivity contribution in [2.24, 2.45) is 5.92 Å². The molecule has 1 unspecified atom stereocenters. The van der Waals surface area contributed by atoms with Gasteiger partial charge in [-0.25, -0.2) is 0 Å². The van der Waals surface area contributed by atoms with E-state index >= 15 is 0 Å². The Morgan fingerprint density at radius 3 is 1.65 bits per heavy atom. The molecule has 0 bridgehead atoms. The Kier molecular flexibility index (Phi) is 14.3. The summed E-state index contributed by atoms with van der Waals surface area (Å²) in [5, 5.41) is 19.1. The molecule has 0 saturated heterocycles. The van der Waals surface area contributed by atoms with Crippen LogP contribution < -0.4 is 0 Å². The molecule has 0 rings (SSSR count). The summed E-state index contributed by atoms with van der Waals surface area (Å²) >= 11 is 0. The molecule has 0 amide bonds. The topological polar surface area (TPSA) is 49.7 Å². The van der Waals surface area contributed by atoms with E-state index in [0.29, 0.717) is 5.92 Å². The van der Waals surface area contributed by atoms with E-state index in [0.717, 1.165) is 38.5 Å². The predicted molar refractivity (Wildman–Crippen MR) is 100 cm³/mol. The maximum atomic E-state index is 9.55. The molecular weight excluding hydrogens is 287 g/mol. The first kappa shape index (κ1) is 22.9. The zero-order chi connectivity index (χ0) is 17.6. The molecule has 4 heteroatoms. The molecule has 138 valence electrons. The SMILES string of the molecule is CCCCCC(CC)C(CCCCC)(CCCCC)OB(O)O. The minimum Gasteiger partial charge on any atom is -0.402 e. The van der Waals surface area contributed by atoms with Crippen LogP contribution in [0.25, 0.3) is 0 Å². The molecule has 1 atom stereocenters. The monoisotopic (exact) mass is 328 g/mol. The van der Waals surface area contributed by atoms with Gasteiger partial charge in [0.15, 0.2) is 0 Å². The molecule has 0 spiro atoms. The smallest absolute Gasteiger partial charge is 0.402 e. The van der Waals surface area contributed by atoms with E-state index in [9.17, 15) is 10.0 Å². The van der Waals surface area contributed by atoms with Crippen LogP contribution >= 0.6 is 0 Å². The van der Waals surface area contributed by atoms with Crippen molar-refractivity contribution in [3.8, 4) is 0 Å². The standard InChI is InChI=1S/C19H41BO3/c1-5-9-12-15-18(8-4)19(23-20(21)22,16-13-10-6-2)17-14-11-7-3/h18,21-22H,5-17H2,1-4H3. The Morgan fingerprint density at radius 1 is 0.783 bits per heavy atom. The third-order valence-corrected chi connectivity index (χ3v) is 5.14. The minimum absolute atomic E-state index is 0.360. The van der Waals surface area contributed by atoms with Crippen molar-refractivity contribution < 1.29 is 14.7 Å². The van der Waals surface area contributed by atoms with Gasteiger partial charge in [0.2, 0.25) is 0 Å². The highest BCUT2D eigenvalue weighted by Crippen LogP contribution is 2.39. The van der Waals surface area contributed by atoms with Crippen LogP contribution in [0.15, 0.2) is 0 Å². The van der Waals surface area contributed by atoms with Gasteiger partial charge in [-0.1, -0.05) is 91.9 Å². The molecule has 2 N–H and O–H groups in total. The summed E-state index contributed by atoms with van der Waals surface area (Å²) in [5.41, 5.74) is -0.360. The third kappa shape index (κ3) is 9.74. The van der Waals surface area contributed by atoms with Crippen molar-refractivity contribution in [1.82, 2.24) is 0 Å². The molecule has 0 saturated carbocycles. The van der Waals surface area contributed by atoms with Gasteiger partial charge in [0.05, 0.1) is 5.60 Å². The number of rotatable bonds is 16. The highest BCUT2D eigenvalue weighted by atomic mass is 16.6. The normalized spacial score (nSPS) is 13.3. The number of unbranched alkanes of at least 4 members (excludes halogenated alkanes) is 6. The van der Waals surface area contributed by atoms with Crippen LogP contribution in [0, 0.1) is 5.92 Å². The second-order valence-corrected chi connectivity index (χ2v) is 7.02. The van der Waals surface area contributed by atoms with Gasteiger partial charge in [-0.3, -0.25) is 0 Å². The average Bonchev–Trinajstić information content (AvgIpc) is 2.51. The molecule has 0 aliphatic heterocycles. The second kappa shape index (κ2) is 14.3. The summed E-state index contributed by atoms with van der Waals surface area (Å²) in [4.78, 5) is 0. The highest BCUT2D eigenvalue weighted by molar-refractivity contribution is 6.32. The minimum atomic E-state index is -1.65.